The fraction of sp³-hybridized carbons (Fsp3) is 0.625. The Labute approximate surface area is 131 Å². The molecular weight excluding hydrogens is 282 g/mol. The summed E-state index contributed by atoms with van der Waals surface area (Å²) in [5, 5.41) is 0. The van der Waals surface area contributed by atoms with Crippen molar-refractivity contribution in [2.45, 2.75) is 51.9 Å². The number of anilines is 1. The molecule has 1 saturated heterocycles. The first-order valence-electron chi connectivity index (χ1n) is 7.66. The number of rotatable bonds is 4. The Morgan fingerprint density at radius 3 is 2.77 bits per heavy atom. The van der Waals surface area contributed by atoms with Gasteiger partial charge in [-0.3, -0.25) is 9.88 Å². The summed E-state index contributed by atoms with van der Waals surface area (Å²) in [7, 11) is 0. The van der Waals surface area contributed by atoms with Gasteiger partial charge in [0.25, 0.3) is 0 Å². The quantitative estimate of drug-likeness (QED) is 0.924. The van der Waals surface area contributed by atoms with Crippen molar-refractivity contribution in [1.29, 1.82) is 0 Å². The van der Waals surface area contributed by atoms with E-state index in [-0.39, 0.29) is 12.2 Å². The molecule has 1 aromatic rings. The molecule has 122 valence electrons. The molecule has 2 heterocycles. The fourth-order valence-electron chi connectivity index (χ4n) is 2.29. The van der Waals surface area contributed by atoms with Crippen molar-refractivity contribution in [3.05, 3.63) is 24.0 Å². The summed E-state index contributed by atoms with van der Waals surface area (Å²) in [5.41, 5.74) is 6.50. The molecule has 1 aromatic heterocycles. The number of ether oxygens (including phenoxy) is 2. The van der Waals surface area contributed by atoms with E-state index in [4.69, 9.17) is 15.2 Å². The predicted molar refractivity (Wildman–Crippen MR) is 84.7 cm³/mol. The molecule has 1 atom stereocenters. The van der Waals surface area contributed by atoms with Crippen LogP contribution in [0.2, 0.25) is 0 Å². The number of hydrogen-bond acceptors (Lipinski definition) is 5. The number of pyridine rings is 1. The molecule has 0 radical (unpaired) electrons. The average molecular weight is 307 g/mol. The van der Waals surface area contributed by atoms with Gasteiger partial charge >= 0.3 is 6.09 Å². The van der Waals surface area contributed by atoms with Crippen molar-refractivity contribution in [1.82, 2.24) is 4.98 Å². The molecule has 1 fully saturated rings. The van der Waals surface area contributed by atoms with Crippen LogP contribution in [0.4, 0.5) is 10.5 Å². The highest BCUT2D eigenvalue weighted by molar-refractivity contribution is 5.87. The predicted octanol–water partition coefficient (Wildman–Crippen LogP) is 2.46. The lowest BCUT2D eigenvalue weighted by molar-refractivity contribution is 0.0539. The van der Waals surface area contributed by atoms with Crippen LogP contribution in [0, 0.1) is 0 Å². The van der Waals surface area contributed by atoms with Gasteiger partial charge in [-0.1, -0.05) is 0 Å². The van der Waals surface area contributed by atoms with Gasteiger partial charge in [0.2, 0.25) is 0 Å². The topological polar surface area (TPSA) is 77.7 Å². The van der Waals surface area contributed by atoms with Gasteiger partial charge in [0.05, 0.1) is 30.2 Å². The zero-order valence-electron chi connectivity index (χ0n) is 13.5. The maximum Gasteiger partial charge on any atom is 0.414 e. The van der Waals surface area contributed by atoms with Gasteiger partial charge in [-0.2, -0.15) is 0 Å². The molecule has 22 heavy (non-hydrogen) atoms. The van der Waals surface area contributed by atoms with Crippen molar-refractivity contribution >= 4 is 11.8 Å². The number of carbonyl (C=O) groups excluding carboxylic acids is 1. The van der Waals surface area contributed by atoms with Crippen LogP contribution >= 0.6 is 0 Å². The summed E-state index contributed by atoms with van der Waals surface area (Å²) in [6, 6.07) is 3.66. The standard InChI is InChI=1S/C16H25N3O3/c1-16(2,3)22-15(20)19(11-14-5-4-8-21-14)13-7-6-12(9-17)18-10-13/h6-7,10,14H,4-5,8-9,11,17H2,1-3H3. The first-order valence-corrected chi connectivity index (χ1v) is 7.66. The third kappa shape index (κ3) is 4.68. The first kappa shape index (κ1) is 16.7. The molecule has 0 aromatic carbocycles. The van der Waals surface area contributed by atoms with Crippen LogP contribution in [0.15, 0.2) is 18.3 Å². The number of hydrogen-bond donors (Lipinski definition) is 1. The van der Waals surface area contributed by atoms with E-state index in [0.717, 1.165) is 25.1 Å². The number of aromatic nitrogens is 1. The highest BCUT2D eigenvalue weighted by atomic mass is 16.6. The van der Waals surface area contributed by atoms with E-state index in [0.29, 0.717) is 18.8 Å². The molecule has 0 aliphatic carbocycles. The van der Waals surface area contributed by atoms with E-state index in [9.17, 15) is 4.79 Å². The maximum atomic E-state index is 12.5. The Hall–Kier alpha value is -1.66. The Morgan fingerprint density at radius 1 is 1.50 bits per heavy atom. The minimum atomic E-state index is -0.545. The number of carbonyl (C=O) groups is 1. The van der Waals surface area contributed by atoms with Gasteiger partial charge in [0.1, 0.15) is 5.60 Å². The molecule has 0 saturated carbocycles. The molecule has 1 unspecified atom stereocenters. The average Bonchev–Trinajstić information content (AvgIpc) is 2.96. The van der Waals surface area contributed by atoms with Crippen molar-refractivity contribution < 1.29 is 14.3 Å². The third-order valence-corrected chi connectivity index (χ3v) is 3.35. The SMILES string of the molecule is CC(C)(C)OC(=O)N(CC1CCCO1)c1ccc(CN)nc1. The molecule has 1 aliphatic rings. The lowest BCUT2D eigenvalue weighted by atomic mass is 10.2. The first-order chi connectivity index (χ1) is 10.4. The lowest BCUT2D eigenvalue weighted by Gasteiger charge is -2.28. The van der Waals surface area contributed by atoms with E-state index in [1.807, 2.05) is 32.9 Å². The summed E-state index contributed by atoms with van der Waals surface area (Å²) in [6.45, 7) is 7.15. The van der Waals surface area contributed by atoms with Crippen LogP contribution in [-0.2, 0) is 16.0 Å². The normalized spacial score (nSPS) is 18.3. The molecule has 2 N–H and O–H groups in total. The fourth-order valence-corrected chi connectivity index (χ4v) is 2.29. The van der Waals surface area contributed by atoms with E-state index >= 15 is 0 Å². The third-order valence-electron chi connectivity index (χ3n) is 3.35. The smallest absolute Gasteiger partial charge is 0.414 e. The second-order valence-corrected chi connectivity index (χ2v) is 6.44. The van der Waals surface area contributed by atoms with Gasteiger partial charge in [0, 0.05) is 13.2 Å². The van der Waals surface area contributed by atoms with Gasteiger partial charge in [-0.15, -0.1) is 0 Å². The lowest BCUT2D eigenvalue weighted by Crippen LogP contribution is -2.41. The zero-order valence-corrected chi connectivity index (χ0v) is 13.5. The number of nitrogens with zero attached hydrogens (tertiary/aromatic N) is 2. The molecule has 1 aliphatic heterocycles. The Kier molecular flexibility index (Phi) is 5.37. The van der Waals surface area contributed by atoms with Crippen LogP contribution in [-0.4, -0.2) is 35.9 Å². The van der Waals surface area contributed by atoms with Gasteiger partial charge in [-0.05, 0) is 45.7 Å². The largest absolute Gasteiger partial charge is 0.443 e. The van der Waals surface area contributed by atoms with E-state index in [1.54, 1.807) is 11.1 Å². The molecule has 0 bridgehead atoms. The molecular formula is C16H25N3O3. The van der Waals surface area contributed by atoms with Crippen LogP contribution < -0.4 is 10.6 Å². The van der Waals surface area contributed by atoms with Crippen molar-refractivity contribution in [2.75, 3.05) is 18.1 Å². The highest BCUT2D eigenvalue weighted by Crippen LogP contribution is 2.21. The Morgan fingerprint density at radius 2 is 2.27 bits per heavy atom. The van der Waals surface area contributed by atoms with Crippen molar-refractivity contribution in [3.8, 4) is 0 Å². The van der Waals surface area contributed by atoms with E-state index < -0.39 is 5.60 Å². The zero-order chi connectivity index (χ0) is 16.2. The second-order valence-electron chi connectivity index (χ2n) is 6.44. The van der Waals surface area contributed by atoms with Gasteiger partial charge in [0.15, 0.2) is 0 Å². The second kappa shape index (κ2) is 7.07. The summed E-state index contributed by atoms with van der Waals surface area (Å²) in [6.07, 6.45) is 3.29. The van der Waals surface area contributed by atoms with Crippen molar-refractivity contribution in [3.63, 3.8) is 0 Å². The number of amides is 1. The van der Waals surface area contributed by atoms with Crippen molar-refractivity contribution in [2.24, 2.45) is 5.73 Å². The summed E-state index contributed by atoms with van der Waals surface area (Å²) < 4.78 is 11.1. The van der Waals surface area contributed by atoms with Crippen LogP contribution in [0.5, 0.6) is 0 Å². The van der Waals surface area contributed by atoms with E-state index in [2.05, 4.69) is 4.98 Å². The van der Waals surface area contributed by atoms with Gasteiger partial charge < -0.3 is 15.2 Å². The van der Waals surface area contributed by atoms with Crippen LogP contribution in [0.1, 0.15) is 39.3 Å². The molecule has 1 amide bonds. The Balaban J connectivity index is 2.17. The molecule has 0 spiro atoms. The van der Waals surface area contributed by atoms with Crippen LogP contribution in [0.3, 0.4) is 0 Å². The molecule has 2 rings (SSSR count). The minimum absolute atomic E-state index is 0.0432. The van der Waals surface area contributed by atoms with E-state index in [1.165, 1.54) is 0 Å². The van der Waals surface area contributed by atoms with Crippen LogP contribution in [0.25, 0.3) is 0 Å². The minimum Gasteiger partial charge on any atom is -0.443 e. The van der Waals surface area contributed by atoms with Gasteiger partial charge in [-0.25, -0.2) is 4.79 Å². The highest BCUT2D eigenvalue weighted by Gasteiger charge is 2.28. The molecule has 6 nitrogen and oxygen atoms in total. The number of nitrogens with two attached hydrogens (primary N) is 1. The summed E-state index contributed by atoms with van der Waals surface area (Å²) >= 11 is 0. The monoisotopic (exact) mass is 307 g/mol. The Bertz CT molecular complexity index is 490. The summed E-state index contributed by atoms with van der Waals surface area (Å²) in [4.78, 5) is 18.3. The maximum absolute atomic E-state index is 12.5. The molecule has 6 heteroatoms. The summed E-state index contributed by atoms with van der Waals surface area (Å²) in [5.74, 6) is 0.